The lowest BCUT2D eigenvalue weighted by molar-refractivity contribution is -0.0784. The van der Waals surface area contributed by atoms with Crippen LogP contribution in [0.5, 0.6) is 11.5 Å². The first-order valence-corrected chi connectivity index (χ1v) is 6.59. The Morgan fingerprint density at radius 2 is 2.33 bits per heavy atom. The molecule has 21 heavy (non-hydrogen) atoms. The van der Waals surface area contributed by atoms with Crippen molar-refractivity contribution in [3.63, 3.8) is 0 Å². The number of carbonyl (C=O) groups is 1. The number of Topliss-reactive ketones (excluding diaryl/α,β-unsaturated/α-hetero) is 1. The summed E-state index contributed by atoms with van der Waals surface area (Å²) in [5, 5.41) is 9.76. The number of benzene rings is 1. The largest absolute Gasteiger partial charge is 0.496 e. The van der Waals surface area contributed by atoms with Crippen LogP contribution in [0.4, 0.5) is 0 Å². The number of hydrogen-bond acceptors (Lipinski definition) is 5. The van der Waals surface area contributed by atoms with Crippen molar-refractivity contribution in [2.24, 2.45) is 10.8 Å². The quantitative estimate of drug-likeness (QED) is 0.780. The van der Waals surface area contributed by atoms with E-state index < -0.39 is 17.1 Å². The zero-order chi connectivity index (χ0) is 15.3. The zero-order valence-corrected chi connectivity index (χ0v) is 11.9. The number of hydrogen-bond donors (Lipinski definition) is 0. The van der Waals surface area contributed by atoms with E-state index in [1.54, 1.807) is 31.2 Å². The van der Waals surface area contributed by atoms with Gasteiger partial charge in [-0.15, -0.1) is 6.58 Å². The first-order chi connectivity index (χ1) is 10.0. The molecule has 2 heterocycles. The van der Waals surface area contributed by atoms with Gasteiger partial charge in [0.2, 0.25) is 6.29 Å². The average molecular weight is 285 g/mol. The summed E-state index contributed by atoms with van der Waals surface area (Å²) in [6.45, 7) is 5.75. The predicted octanol–water partition coefficient (Wildman–Crippen LogP) is 2.33. The number of nitriles is 1. The molecule has 1 aromatic rings. The second-order valence-corrected chi connectivity index (χ2v) is 5.46. The van der Waals surface area contributed by atoms with Crippen LogP contribution in [-0.2, 0) is 4.74 Å². The van der Waals surface area contributed by atoms with Crippen molar-refractivity contribution in [3.05, 3.63) is 36.4 Å². The van der Waals surface area contributed by atoms with Crippen LogP contribution in [0.15, 0.2) is 30.9 Å². The van der Waals surface area contributed by atoms with E-state index in [0.717, 1.165) is 0 Å². The lowest BCUT2D eigenvalue weighted by Gasteiger charge is -2.39. The average Bonchev–Trinajstić information content (AvgIpc) is 2.81. The number of fused-ring (bicyclic) bond motifs is 2. The fourth-order valence-electron chi connectivity index (χ4n) is 3.01. The Morgan fingerprint density at radius 1 is 1.57 bits per heavy atom. The van der Waals surface area contributed by atoms with Gasteiger partial charge in [-0.3, -0.25) is 4.79 Å². The van der Waals surface area contributed by atoms with Gasteiger partial charge in [-0.1, -0.05) is 19.1 Å². The third-order valence-electron chi connectivity index (χ3n) is 4.44. The Balaban J connectivity index is 2.27. The molecule has 0 aliphatic carbocycles. The van der Waals surface area contributed by atoms with Crippen LogP contribution in [0.2, 0.25) is 0 Å². The number of nitrogens with zero attached hydrogens (tertiary/aromatic N) is 1. The maximum Gasteiger partial charge on any atom is 0.227 e. The van der Waals surface area contributed by atoms with Crippen LogP contribution in [-0.4, -0.2) is 25.8 Å². The molecule has 108 valence electrons. The van der Waals surface area contributed by atoms with E-state index in [9.17, 15) is 10.1 Å². The van der Waals surface area contributed by atoms with Gasteiger partial charge in [-0.05, 0) is 12.1 Å². The van der Waals surface area contributed by atoms with E-state index in [4.69, 9.17) is 14.2 Å². The molecule has 0 radical (unpaired) electrons. The predicted molar refractivity (Wildman–Crippen MR) is 74.0 cm³/mol. The fourth-order valence-corrected chi connectivity index (χ4v) is 3.01. The molecule has 3 atom stereocenters. The van der Waals surface area contributed by atoms with E-state index in [0.29, 0.717) is 11.5 Å². The van der Waals surface area contributed by atoms with Crippen molar-refractivity contribution in [3.8, 4) is 17.6 Å². The van der Waals surface area contributed by atoms with Crippen LogP contribution in [0.3, 0.4) is 0 Å². The van der Waals surface area contributed by atoms with Crippen molar-refractivity contribution < 1.29 is 19.0 Å². The highest BCUT2D eigenvalue weighted by atomic mass is 16.7. The van der Waals surface area contributed by atoms with Gasteiger partial charge in [-0.2, -0.15) is 5.26 Å². The molecule has 0 spiro atoms. The van der Waals surface area contributed by atoms with Crippen LogP contribution in [0.25, 0.3) is 0 Å². The van der Waals surface area contributed by atoms with E-state index in [1.807, 2.05) is 0 Å². The topological polar surface area (TPSA) is 68.6 Å². The van der Waals surface area contributed by atoms with Gasteiger partial charge in [0.1, 0.15) is 17.1 Å². The second-order valence-electron chi connectivity index (χ2n) is 5.46. The van der Waals surface area contributed by atoms with E-state index in [1.165, 1.54) is 7.11 Å². The summed E-state index contributed by atoms with van der Waals surface area (Å²) in [7, 11) is 1.48. The number of rotatable bonds is 2. The highest BCUT2D eigenvalue weighted by Gasteiger charge is 2.67. The molecule has 1 saturated heterocycles. The molecule has 0 bridgehead atoms. The Kier molecular flexibility index (Phi) is 2.82. The molecule has 1 aromatic carbocycles. The molecule has 5 heteroatoms. The lowest BCUT2D eigenvalue weighted by Crippen LogP contribution is -2.52. The van der Waals surface area contributed by atoms with E-state index >= 15 is 0 Å². The highest BCUT2D eigenvalue weighted by molar-refractivity contribution is 6.08. The van der Waals surface area contributed by atoms with E-state index in [-0.39, 0.29) is 18.0 Å². The van der Waals surface area contributed by atoms with Crippen LogP contribution in [0, 0.1) is 22.2 Å². The molecule has 2 aliphatic rings. The zero-order valence-electron chi connectivity index (χ0n) is 11.9. The first-order valence-electron chi connectivity index (χ1n) is 6.59. The minimum atomic E-state index is -1.45. The van der Waals surface area contributed by atoms with Crippen molar-refractivity contribution in [2.75, 3.05) is 13.7 Å². The van der Waals surface area contributed by atoms with Crippen LogP contribution < -0.4 is 9.47 Å². The number of carbonyl (C=O) groups excluding carboxylic acids is 1. The Hall–Kier alpha value is -2.32. The van der Waals surface area contributed by atoms with Crippen molar-refractivity contribution in [1.82, 2.24) is 0 Å². The minimum absolute atomic E-state index is 0.205. The molecule has 0 amide bonds. The van der Waals surface area contributed by atoms with E-state index in [2.05, 4.69) is 12.6 Å². The van der Waals surface area contributed by atoms with Gasteiger partial charge in [0, 0.05) is 5.41 Å². The summed E-state index contributed by atoms with van der Waals surface area (Å²) in [5.41, 5.74) is -1.98. The Bertz CT molecular complexity index is 677. The monoisotopic (exact) mass is 285 g/mol. The summed E-state index contributed by atoms with van der Waals surface area (Å²) in [6.07, 6.45) is 0.662. The Labute approximate surface area is 122 Å². The molecule has 2 unspecified atom stereocenters. The number of ketones is 1. The fraction of sp³-hybridized carbons (Fsp3) is 0.375. The van der Waals surface area contributed by atoms with Gasteiger partial charge in [0.25, 0.3) is 0 Å². The summed E-state index contributed by atoms with van der Waals surface area (Å²) in [4.78, 5) is 13.1. The lowest BCUT2D eigenvalue weighted by atomic mass is 9.62. The van der Waals surface area contributed by atoms with Crippen molar-refractivity contribution in [2.45, 2.75) is 13.2 Å². The van der Waals surface area contributed by atoms with Gasteiger partial charge in [0.05, 0.1) is 19.8 Å². The molecule has 1 fully saturated rings. The van der Waals surface area contributed by atoms with Crippen molar-refractivity contribution in [1.29, 1.82) is 5.26 Å². The van der Waals surface area contributed by atoms with Crippen LogP contribution in [0.1, 0.15) is 17.3 Å². The third-order valence-corrected chi connectivity index (χ3v) is 4.44. The molecule has 0 N–H and O–H groups in total. The molecular formula is C16H15NO4. The highest BCUT2D eigenvalue weighted by Crippen LogP contribution is 2.56. The normalized spacial score (nSPS) is 33.4. The SMILES string of the molecule is C=C[C@]1(C)COC2Oc3cccc(OC)c3C(=O)C21C#N. The molecule has 2 aliphatic heterocycles. The third kappa shape index (κ3) is 1.45. The molecule has 5 nitrogen and oxygen atoms in total. The number of methoxy groups -OCH3 is 1. The first kappa shape index (κ1) is 13.7. The summed E-state index contributed by atoms with van der Waals surface area (Å²) in [6, 6.07) is 7.21. The molecular weight excluding hydrogens is 270 g/mol. The molecule has 3 rings (SSSR count). The summed E-state index contributed by atoms with van der Waals surface area (Å²) in [5.74, 6) is 0.432. The molecule has 0 saturated carbocycles. The van der Waals surface area contributed by atoms with Crippen molar-refractivity contribution >= 4 is 5.78 Å². The van der Waals surface area contributed by atoms with Gasteiger partial charge in [-0.25, -0.2) is 0 Å². The summed E-state index contributed by atoms with van der Waals surface area (Å²) >= 11 is 0. The van der Waals surface area contributed by atoms with Crippen LogP contribution >= 0.6 is 0 Å². The smallest absolute Gasteiger partial charge is 0.227 e. The van der Waals surface area contributed by atoms with Gasteiger partial charge >= 0.3 is 0 Å². The second kappa shape index (κ2) is 4.34. The maximum atomic E-state index is 13.1. The summed E-state index contributed by atoms with van der Waals surface area (Å²) < 4.78 is 16.6. The molecule has 0 aromatic heterocycles. The van der Waals surface area contributed by atoms with Gasteiger partial charge < -0.3 is 14.2 Å². The standard InChI is InChI=1S/C16H15NO4/c1-4-15(2)9-20-14-16(15,8-17)13(18)12-10(19-3)6-5-7-11(12)21-14/h4-7,14H,1,9H2,2-3H3/t14?,15-,16?/m1/s1. The maximum absolute atomic E-state index is 13.1. The Morgan fingerprint density at radius 3 is 2.95 bits per heavy atom. The number of ether oxygens (including phenoxy) is 3. The van der Waals surface area contributed by atoms with Gasteiger partial charge in [0.15, 0.2) is 11.2 Å². The minimum Gasteiger partial charge on any atom is -0.496 e.